The number of rotatable bonds is 5. The van der Waals surface area contributed by atoms with Gasteiger partial charge < -0.3 is 9.64 Å². The normalized spacial score (nSPS) is 18.2. The van der Waals surface area contributed by atoms with E-state index in [9.17, 15) is 13.6 Å². The van der Waals surface area contributed by atoms with Gasteiger partial charge in [-0.15, -0.1) is 0 Å². The van der Waals surface area contributed by atoms with Crippen LogP contribution in [0.5, 0.6) is 0 Å². The summed E-state index contributed by atoms with van der Waals surface area (Å²) in [5.41, 5.74) is 1.34. The lowest BCUT2D eigenvalue weighted by molar-refractivity contribution is 0.0395. The zero-order chi connectivity index (χ0) is 25.0. The van der Waals surface area contributed by atoms with Gasteiger partial charge in [0, 0.05) is 49.1 Å². The Morgan fingerprint density at radius 1 is 1.17 bits per heavy atom. The molecular weight excluding hydrogens is 466 g/mol. The van der Waals surface area contributed by atoms with Crippen LogP contribution >= 0.6 is 0 Å². The third-order valence-electron chi connectivity index (χ3n) is 6.92. The minimum atomic E-state index is -0.781. The highest BCUT2D eigenvalue weighted by molar-refractivity contribution is 5.93. The lowest BCUT2D eigenvalue weighted by Crippen LogP contribution is -2.39. The Bertz CT molecular complexity index is 1530. The number of anilines is 1. The molecule has 0 bridgehead atoms. The van der Waals surface area contributed by atoms with Crippen molar-refractivity contribution in [1.29, 1.82) is 0 Å². The molecule has 1 saturated carbocycles. The van der Waals surface area contributed by atoms with Gasteiger partial charge in [0.25, 0.3) is 5.56 Å². The highest BCUT2D eigenvalue weighted by Gasteiger charge is 2.29. The standard InChI is InChI=1S/C26H26F2N6O2/c1-3-33-15(2)30-21-11-23(31-25(24(21)26(33)35)19-7-4-17(27)10-20(19)28)32-8-9-36-22(14-32)16-12-29-34(13-16)18-5-6-18/h4,7,10-13,18,22H,3,5-6,8-9,14H2,1-2H3/t22-/m1/s1. The van der Waals surface area contributed by atoms with Crippen molar-refractivity contribution in [3.05, 3.63) is 70.0 Å². The number of benzene rings is 1. The largest absolute Gasteiger partial charge is 0.370 e. The van der Waals surface area contributed by atoms with Crippen LogP contribution in [0.1, 0.15) is 43.3 Å². The number of fused-ring (bicyclic) bond motifs is 1. The number of pyridine rings is 1. The van der Waals surface area contributed by atoms with Crippen LogP contribution in [0, 0.1) is 18.6 Å². The molecular formula is C26H26F2N6O2. The van der Waals surface area contributed by atoms with Gasteiger partial charge in [0.1, 0.15) is 29.4 Å². The summed E-state index contributed by atoms with van der Waals surface area (Å²) in [4.78, 5) is 24.8. The van der Waals surface area contributed by atoms with E-state index < -0.39 is 11.6 Å². The number of morpholine rings is 1. The fraction of sp³-hybridized carbons (Fsp3) is 0.385. The summed E-state index contributed by atoms with van der Waals surface area (Å²) in [7, 11) is 0. The number of ether oxygens (including phenoxy) is 1. The molecule has 1 atom stereocenters. The molecule has 10 heteroatoms. The van der Waals surface area contributed by atoms with Crippen LogP contribution in [0.4, 0.5) is 14.6 Å². The van der Waals surface area contributed by atoms with Crippen molar-refractivity contribution in [2.75, 3.05) is 24.6 Å². The molecule has 8 nitrogen and oxygen atoms in total. The SMILES string of the molecule is CCn1c(C)nc2cc(N3CCO[C@@H](c4cnn(C5CC5)c4)C3)nc(-c3ccc(F)cc3F)c2c1=O. The Balaban J connectivity index is 1.46. The van der Waals surface area contributed by atoms with E-state index in [2.05, 4.69) is 15.0 Å². The second-order valence-corrected chi connectivity index (χ2v) is 9.35. The molecule has 2 fully saturated rings. The third kappa shape index (κ3) is 3.95. The highest BCUT2D eigenvalue weighted by Crippen LogP contribution is 2.36. The molecule has 1 aliphatic heterocycles. The summed E-state index contributed by atoms with van der Waals surface area (Å²) in [5.74, 6) is -0.356. The van der Waals surface area contributed by atoms with Crippen LogP contribution in [0.25, 0.3) is 22.2 Å². The second kappa shape index (κ2) is 8.77. The molecule has 2 aliphatic rings. The van der Waals surface area contributed by atoms with Crippen LogP contribution in [0.2, 0.25) is 0 Å². The van der Waals surface area contributed by atoms with Gasteiger partial charge in [-0.1, -0.05) is 0 Å². The number of hydrogen-bond acceptors (Lipinski definition) is 6. The van der Waals surface area contributed by atoms with Gasteiger partial charge in [0.05, 0.1) is 35.4 Å². The van der Waals surface area contributed by atoms with Crippen molar-refractivity contribution in [3.63, 3.8) is 0 Å². The maximum atomic E-state index is 14.9. The van der Waals surface area contributed by atoms with E-state index in [1.165, 1.54) is 16.7 Å². The summed E-state index contributed by atoms with van der Waals surface area (Å²) in [6, 6.07) is 5.54. The van der Waals surface area contributed by atoms with Gasteiger partial charge in [0.2, 0.25) is 0 Å². The van der Waals surface area contributed by atoms with Gasteiger partial charge in [-0.2, -0.15) is 5.10 Å². The number of nitrogens with zero attached hydrogens (tertiary/aromatic N) is 6. The van der Waals surface area contributed by atoms with E-state index >= 15 is 0 Å². The molecule has 0 radical (unpaired) electrons. The number of halogens is 2. The average Bonchev–Trinajstić information content (AvgIpc) is 3.60. The van der Waals surface area contributed by atoms with E-state index in [4.69, 9.17) is 9.72 Å². The summed E-state index contributed by atoms with van der Waals surface area (Å²) in [5, 5.41) is 4.70. The molecule has 0 unspecified atom stereocenters. The first-order valence-electron chi connectivity index (χ1n) is 12.2. The zero-order valence-electron chi connectivity index (χ0n) is 20.1. The molecule has 4 aromatic rings. The Morgan fingerprint density at radius 3 is 2.75 bits per heavy atom. The van der Waals surface area contributed by atoms with Crippen molar-refractivity contribution >= 4 is 16.7 Å². The first kappa shape index (κ1) is 22.8. The van der Waals surface area contributed by atoms with E-state index in [0.717, 1.165) is 24.5 Å². The van der Waals surface area contributed by atoms with Crippen LogP contribution in [-0.2, 0) is 11.3 Å². The zero-order valence-corrected chi connectivity index (χ0v) is 20.1. The Kier molecular flexibility index (Phi) is 5.55. The Hall–Kier alpha value is -3.66. The molecule has 0 amide bonds. The quantitative estimate of drug-likeness (QED) is 0.416. The van der Waals surface area contributed by atoms with Crippen molar-refractivity contribution in [1.82, 2.24) is 24.3 Å². The Morgan fingerprint density at radius 2 is 2.00 bits per heavy atom. The molecule has 1 aliphatic carbocycles. The van der Waals surface area contributed by atoms with Crippen molar-refractivity contribution in [2.24, 2.45) is 0 Å². The maximum absolute atomic E-state index is 14.9. The van der Waals surface area contributed by atoms with E-state index in [1.807, 2.05) is 24.0 Å². The van der Waals surface area contributed by atoms with Gasteiger partial charge in [-0.05, 0) is 38.8 Å². The fourth-order valence-corrected chi connectivity index (χ4v) is 4.86. The van der Waals surface area contributed by atoms with Crippen molar-refractivity contribution in [2.45, 2.75) is 45.4 Å². The number of aromatic nitrogens is 5. The molecule has 186 valence electrons. The van der Waals surface area contributed by atoms with Crippen LogP contribution in [0.3, 0.4) is 0 Å². The fourth-order valence-electron chi connectivity index (χ4n) is 4.86. The molecule has 0 spiro atoms. The lowest BCUT2D eigenvalue weighted by Gasteiger charge is -2.33. The van der Waals surface area contributed by atoms with E-state index in [-0.39, 0.29) is 28.3 Å². The van der Waals surface area contributed by atoms with Crippen molar-refractivity contribution < 1.29 is 13.5 Å². The van der Waals surface area contributed by atoms with Gasteiger partial charge in [0.15, 0.2) is 0 Å². The van der Waals surface area contributed by atoms with Crippen LogP contribution < -0.4 is 10.5 Å². The number of hydrogen-bond donors (Lipinski definition) is 0. The summed E-state index contributed by atoms with van der Waals surface area (Å²) in [6.45, 7) is 5.60. The molecule has 36 heavy (non-hydrogen) atoms. The van der Waals surface area contributed by atoms with Crippen LogP contribution in [0.15, 0.2) is 41.5 Å². The predicted octanol–water partition coefficient (Wildman–Crippen LogP) is 4.17. The first-order valence-corrected chi connectivity index (χ1v) is 12.2. The second-order valence-electron chi connectivity index (χ2n) is 9.35. The van der Waals surface area contributed by atoms with Gasteiger partial charge >= 0.3 is 0 Å². The molecule has 3 aromatic heterocycles. The number of aryl methyl sites for hydroxylation is 1. The predicted molar refractivity (Wildman–Crippen MR) is 131 cm³/mol. The summed E-state index contributed by atoms with van der Waals surface area (Å²) >= 11 is 0. The minimum absolute atomic E-state index is 0.0594. The summed E-state index contributed by atoms with van der Waals surface area (Å²) < 4.78 is 38.2. The Labute approximate surface area is 206 Å². The molecule has 0 N–H and O–H groups in total. The topological polar surface area (TPSA) is 78.1 Å². The summed E-state index contributed by atoms with van der Waals surface area (Å²) in [6.07, 6.45) is 5.98. The molecule has 1 saturated heterocycles. The maximum Gasteiger partial charge on any atom is 0.263 e. The van der Waals surface area contributed by atoms with Gasteiger partial charge in [-0.3, -0.25) is 14.0 Å². The van der Waals surface area contributed by atoms with Gasteiger partial charge in [-0.25, -0.2) is 18.7 Å². The van der Waals surface area contributed by atoms with E-state index in [0.29, 0.717) is 49.4 Å². The first-order chi connectivity index (χ1) is 17.4. The van der Waals surface area contributed by atoms with E-state index in [1.54, 1.807) is 13.0 Å². The molecule has 4 heterocycles. The monoisotopic (exact) mass is 492 g/mol. The minimum Gasteiger partial charge on any atom is -0.370 e. The van der Waals surface area contributed by atoms with Crippen molar-refractivity contribution in [3.8, 4) is 11.3 Å². The average molecular weight is 493 g/mol. The smallest absolute Gasteiger partial charge is 0.263 e. The van der Waals surface area contributed by atoms with Crippen LogP contribution in [-0.4, -0.2) is 44.0 Å². The molecule has 1 aromatic carbocycles. The third-order valence-corrected chi connectivity index (χ3v) is 6.92. The lowest BCUT2D eigenvalue weighted by atomic mass is 10.1. The highest BCUT2D eigenvalue weighted by atomic mass is 19.1. The molecule has 6 rings (SSSR count).